The third-order valence-corrected chi connectivity index (χ3v) is 8.91. The van der Waals surface area contributed by atoms with E-state index in [-0.39, 0.29) is 40.4 Å². The maximum atomic E-state index is 2.65. The SMILES string of the molecule is C[Si](C)(C)[CH-][Si](C)(C)C.[CH]1[CH][CH][CH][CH]1.[CH]1[CH][CH][CH][CH]1.[Sm+3]. The zero-order chi connectivity index (χ0) is 14.8. The van der Waals surface area contributed by atoms with E-state index in [9.17, 15) is 0 Å². The van der Waals surface area contributed by atoms with E-state index < -0.39 is 16.1 Å². The van der Waals surface area contributed by atoms with Gasteiger partial charge in [-0.2, -0.15) is 0 Å². The molecule has 0 aromatic heterocycles. The van der Waals surface area contributed by atoms with Crippen LogP contribution in [0.4, 0.5) is 0 Å². The van der Waals surface area contributed by atoms with Crippen LogP contribution in [0, 0.1) is 110 Å². The molecule has 0 atom stereocenters. The fraction of sp³-hybridized carbons (Fsp3) is 0.353. The Labute approximate surface area is 164 Å². The van der Waals surface area contributed by atoms with Gasteiger partial charge in [0.25, 0.3) is 0 Å². The molecule has 0 spiro atoms. The van der Waals surface area contributed by atoms with Gasteiger partial charge in [0, 0.05) is 0 Å². The summed E-state index contributed by atoms with van der Waals surface area (Å²) >= 11 is 0. The van der Waals surface area contributed by atoms with Gasteiger partial charge in [-0.1, -0.05) is 39.3 Å². The van der Waals surface area contributed by atoms with Crippen LogP contribution in [0.1, 0.15) is 0 Å². The summed E-state index contributed by atoms with van der Waals surface area (Å²) in [5.74, 6) is 0. The van der Waals surface area contributed by atoms with Gasteiger partial charge < -0.3 is 5.67 Å². The molecule has 0 saturated heterocycles. The summed E-state index contributed by atoms with van der Waals surface area (Å²) in [7, 11) is -1.71. The Balaban J connectivity index is 0. The molecule has 0 aromatic carbocycles. The molecule has 20 heavy (non-hydrogen) atoms. The van der Waals surface area contributed by atoms with Gasteiger partial charge in [-0.3, -0.25) is 0 Å². The van der Waals surface area contributed by atoms with Crippen molar-refractivity contribution in [2.45, 2.75) is 39.3 Å². The Morgan fingerprint density at radius 2 is 0.600 bits per heavy atom. The minimum atomic E-state index is -0.856. The van der Waals surface area contributed by atoms with Gasteiger partial charge in [-0.25, -0.2) is 0 Å². The fourth-order valence-electron chi connectivity index (χ4n) is 1.94. The van der Waals surface area contributed by atoms with Crippen molar-refractivity contribution in [3.63, 3.8) is 0 Å². The van der Waals surface area contributed by atoms with Crippen molar-refractivity contribution in [1.29, 1.82) is 0 Å². The summed E-state index contributed by atoms with van der Waals surface area (Å²) in [6, 6.07) is 0. The average molecular weight is 440 g/mol. The first-order valence-corrected chi connectivity index (χ1v) is 14.1. The van der Waals surface area contributed by atoms with Crippen LogP contribution < -0.4 is 0 Å². The second-order valence-corrected chi connectivity index (χ2v) is 17.4. The van der Waals surface area contributed by atoms with Crippen molar-refractivity contribution in [2.24, 2.45) is 0 Å². The van der Waals surface area contributed by atoms with Gasteiger partial charge in [0.1, 0.15) is 0 Å². The smallest absolute Gasteiger partial charge is 0.327 e. The minimum absolute atomic E-state index is 0. The van der Waals surface area contributed by atoms with Crippen molar-refractivity contribution in [3.8, 4) is 0 Å². The van der Waals surface area contributed by atoms with Gasteiger partial charge >= 0.3 is 40.4 Å². The van der Waals surface area contributed by atoms with E-state index in [2.05, 4.69) is 44.9 Å². The molecule has 3 heteroatoms. The van der Waals surface area contributed by atoms with Crippen LogP contribution in [0.25, 0.3) is 0 Å². The van der Waals surface area contributed by atoms with E-state index in [0.717, 1.165) is 0 Å². The summed E-state index contributed by atoms with van der Waals surface area (Å²) in [5, 5.41) is 0. The molecule has 2 rings (SSSR count). The first-order chi connectivity index (χ1) is 8.71. The minimum Gasteiger partial charge on any atom is -0.327 e. The van der Waals surface area contributed by atoms with E-state index in [1.54, 1.807) is 0 Å². The second kappa shape index (κ2) is 13.2. The normalized spacial score (nSPS) is 18.3. The van der Waals surface area contributed by atoms with Crippen LogP contribution in [0.15, 0.2) is 0 Å². The molecule has 0 heterocycles. The third-order valence-electron chi connectivity index (χ3n) is 1.98. The Hall–Kier alpha value is 1.77. The molecule has 0 nitrogen and oxygen atoms in total. The monoisotopic (exact) mass is 441 g/mol. The van der Waals surface area contributed by atoms with Crippen LogP contribution in [0.3, 0.4) is 0 Å². The average Bonchev–Trinajstić information content (AvgIpc) is 2.93. The van der Waals surface area contributed by atoms with Crippen molar-refractivity contribution in [3.05, 3.63) is 69.9 Å². The van der Waals surface area contributed by atoms with Gasteiger partial charge in [-0.05, 0) is 64.2 Å². The van der Waals surface area contributed by atoms with Crippen LogP contribution >= 0.6 is 0 Å². The topological polar surface area (TPSA) is 0 Å². The first-order valence-electron chi connectivity index (χ1n) is 6.91. The zero-order valence-corrected chi connectivity index (χ0v) is 18.4. The van der Waals surface area contributed by atoms with Crippen LogP contribution in [0.5, 0.6) is 0 Å². The fourth-order valence-corrected chi connectivity index (χ4v) is 12.3. The van der Waals surface area contributed by atoms with Crippen LogP contribution in [-0.4, -0.2) is 16.1 Å². The Morgan fingerprint density at radius 1 is 0.450 bits per heavy atom. The molecule has 2 saturated carbocycles. The predicted octanol–water partition coefficient (Wildman–Crippen LogP) is 4.99. The molecule has 2 aliphatic carbocycles. The zero-order valence-electron chi connectivity index (χ0n) is 13.8. The molecule has 109 valence electrons. The molecule has 11 radical (unpaired) electrons. The largest absolute Gasteiger partial charge is 3.00 e. The van der Waals surface area contributed by atoms with Gasteiger partial charge in [0.15, 0.2) is 0 Å². The molecule has 2 fully saturated rings. The molecule has 2 aliphatic rings. The second-order valence-electron chi connectivity index (χ2n) is 6.80. The molecule has 0 aromatic rings. The summed E-state index contributed by atoms with van der Waals surface area (Å²) in [4.78, 5) is 0. The third kappa shape index (κ3) is 22.1. The number of hydrogen-bond donors (Lipinski definition) is 0. The summed E-state index contributed by atoms with van der Waals surface area (Å²) in [6.07, 6.45) is 20.0. The number of hydrogen-bond acceptors (Lipinski definition) is 0. The van der Waals surface area contributed by atoms with Crippen molar-refractivity contribution < 1.29 is 40.4 Å². The van der Waals surface area contributed by atoms with Crippen molar-refractivity contribution in [1.82, 2.24) is 0 Å². The van der Waals surface area contributed by atoms with E-state index >= 15 is 0 Å². The van der Waals surface area contributed by atoms with Crippen LogP contribution in [-0.2, 0) is 0 Å². The van der Waals surface area contributed by atoms with Crippen LogP contribution in [0.2, 0.25) is 39.3 Å². The Bertz CT molecular complexity index is 159. The first kappa shape index (κ1) is 24.0. The molecule has 0 N–H and O–H groups in total. The maximum Gasteiger partial charge on any atom is 3.00 e. The standard InChI is InChI=1S/C7H19Si2.2C5H5.Sm/c1-8(2,3)7-9(4,5)6;2*1-2-4-5-3-1;/h7H,1-6H3;2*1-5H;/q-1;;;+3. The van der Waals surface area contributed by atoms with E-state index in [4.69, 9.17) is 0 Å². The predicted molar refractivity (Wildman–Crippen MR) is 94.0 cm³/mol. The number of rotatable bonds is 2. The van der Waals surface area contributed by atoms with Gasteiger partial charge in [-0.15, -0.1) is 16.1 Å². The van der Waals surface area contributed by atoms with E-state index in [1.807, 2.05) is 64.2 Å². The molecule has 0 amide bonds. The van der Waals surface area contributed by atoms with E-state index in [1.165, 1.54) is 0 Å². The molecule has 0 unspecified atom stereocenters. The Morgan fingerprint density at radius 3 is 0.650 bits per heavy atom. The quantitative estimate of drug-likeness (QED) is 0.420. The van der Waals surface area contributed by atoms with Crippen molar-refractivity contribution in [2.75, 3.05) is 0 Å². The van der Waals surface area contributed by atoms with Gasteiger partial charge in [0.05, 0.1) is 0 Å². The summed E-state index contributed by atoms with van der Waals surface area (Å²) in [5.41, 5.74) is 2.65. The van der Waals surface area contributed by atoms with Gasteiger partial charge in [0.2, 0.25) is 0 Å². The Kier molecular flexibility index (Phi) is 15.9. The van der Waals surface area contributed by atoms with Crippen molar-refractivity contribution >= 4 is 16.1 Å². The molecule has 0 aliphatic heterocycles. The summed E-state index contributed by atoms with van der Waals surface area (Å²) in [6.45, 7) is 14.4. The maximum absolute atomic E-state index is 2.65. The molecular formula is C17H29Si2Sm+2. The molecule has 0 bridgehead atoms. The summed E-state index contributed by atoms with van der Waals surface area (Å²) < 4.78 is 0. The molecular weight excluding hydrogens is 411 g/mol. The van der Waals surface area contributed by atoms with E-state index in [0.29, 0.717) is 0 Å².